The molecular weight excluding hydrogens is 288 g/mol. The first-order valence-corrected chi connectivity index (χ1v) is 7.78. The molecule has 120 valence electrons. The van der Waals surface area contributed by atoms with Gasteiger partial charge in [0.05, 0.1) is 13.2 Å². The SMILES string of the molecule is N=Cc1ccc(OCCCCCOc2ccc(C=N)cc2)cc1. The van der Waals surface area contributed by atoms with Crippen LogP contribution in [0.15, 0.2) is 48.5 Å². The highest BCUT2D eigenvalue weighted by Gasteiger charge is 1.96. The van der Waals surface area contributed by atoms with Crippen LogP contribution in [0.3, 0.4) is 0 Å². The molecule has 0 unspecified atom stereocenters. The summed E-state index contributed by atoms with van der Waals surface area (Å²) in [6.45, 7) is 1.38. The first-order valence-electron chi connectivity index (χ1n) is 7.78. The molecule has 0 atom stereocenters. The Morgan fingerprint density at radius 1 is 0.609 bits per heavy atom. The average Bonchev–Trinajstić information content (AvgIpc) is 2.62. The number of nitrogens with one attached hydrogen (secondary N) is 2. The van der Waals surface area contributed by atoms with E-state index in [1.54, 1.807) is 0 Å². The number of hydrogen-bond donors (Lipinski definition) is 2. The molecule has 2 rings (SSSR count). The lowest BCUT2D eigenvalue weighted by atomic mass is 10.2. The number of benzene rings is 2. The predicted octanol–water partition coefficient (Wildman–Crippen LogP) is 4.31. The van der Waals surface area contributed by atoms with Crippen LogP contribution in [0, 0.1) is 10.8 Å². The van der Waals surface area contributed by atoms with E-state index >= 15 is 0 Å². The molecule has 0 heterocycles. The second kappa shape index (κ2) is 9.41. The maximum absolute atomic E-state index is 7.14. The second-order valence-electron chi connectivity index (χ2n) is 5.18. The lowest BCUT2D eigenvalue weighted by Crippen LogP contribution is -2.01. The number of hydrogen-bond acceptors (Lipinski definition) is 4. The van der Waals surface area contributed by atoms with Gasteiger partial charge in [0, 0.05) is 12.4 Å². The highest BCUT2D eigenvalue weighted by atomic mass is 16.5. The third-order valence-corrected chi connectivity index (χ3v) is 3.42. The van der Waals surface area contributed by atoms with Gasteiger partial charge in [0.25, 0.3) is 0 Å². The van der Waals surface area contributed by atoms with E-state index < -0.39 is 0 Å². The van der Waals surface area contributed by atoms with E-state index in [4.69, 9.17) is 20.3 Å². The van der Waals surface area contributed by atoms with Gasteiger partial charge in [-0.25, -0.2) is 0 Å². The zero-order chi connectivity index (χ0) is 16.3. The Hall–Kier alpha value is -2.62. The molecule has 0 spiro atoms. The zero-order valence-electron chi connectivity index (χ0n) is 13.1. The number of ether oxygens (including phenoxy) is 2. The van der Waals surface area contributed by atoms with Gasteiger partial charge in [-0.3, -0.25) is 0 Å². The van der Waals surface area contributed by atoms with Crippen molar-refractivity contribution < 1.29 is 9.47 Å². The molecule has 0 fully saturated rings. The Bertz CT molecular complexity index is 551. The lowest BCUT2D eigenvalue weighted by Gasteiger charge is -2.08. The van der Waals surface area contributed by atoms with Crippen molar-refractivity contribution in [1.82, 2.24) is 0 Å². The number of unbranched alkanes of at least 4 members (excludes halogenated alkanes) is 2. The Morgan fingerprint density at radius 3 is 1.35 bits per heavy atom. The zero-order valence-corrected chi connectivity index (χ0v) is 13.1. The summed E-state index contributed by atoms with van der Waals surface area (Å²) >= 11 is 0. The van der Waals surface area contributed by atoms with Crippen molar-refractivity contribution in [3.8, 4) is 11.5 Å². The smallest absolute Gasteiger partial charge is 0.119 e. The molecular formula is C19H22N2O2. The van der Waals surface area contributed by atoms with E-state index in [1.165, 1.54) is 12.4 Å². The van der Waals surface area contributed by atoms with E-state index in [2.05, 4.69) is 0 Å². The first kappa shape index (κ1) is 16.7. The number of rotatable bonds is 10. The summed E-state index contributed by atoms with van der Waals surface area (Å²) in [5.74, 6) is 1.69. The van der Waals surface area contributed by atoms with Crippen LogP contribution >= 0.6 is 0 Å². The lowest BCUT2D eigenvalue weighted by molar-refractivity contribution is 0.279. The minimum Gasteiger partial charge on any atom is -0.494 e. The molecule has 0 saturated carbocycles. The maximum atomic E-state index is 7.14. The van der Waals surface area contributed by atoms with Crippen molar-refractivity contribution in [2.45, 2.75) is 19.3 Å². The van der Waals surface area contributed by atoms with Crippen LogP contribution in [-0.4, -0.2) is 25.6 Å². The first-order chi connectivity index (χ1) is 11.3. The quantitative estimate of drug-likeness (QED) is 0.507. The third-order valence-electron chi connectivity index (χ3n) is 3.42. The molecule has 23 heavy (non-hydrogen) atoms. The molecule has 0 saturated heterocycles. The summed E-state index contributed by atoms with van der Waals surface area (Å²) in [6.07, 6.45) is 5.67. The van der Waals surface area contributed by atoms with Gasteiger partial charge in [-0.15, -0.1) is 0 Å². The second-order valence-corrected chi connectivity index (χ2v) is 5.18. The van der Waals surface area contributed by atoms with Gasteiger partial charge in [-0.05, 0) is 78.9 Å². The molecule has 0 aromatic heterocycles. The summed E-state index contributed by atoms with van der Waals surface area (Å²) in [7, 11) is 0. The topological polar surface area (TPSA) is 66.2 Å². The summed E-state index contributed by atoms with van der Waals surface area (Å²) < 4.78 is 11.3. The van der Waals surface area contributed by atoms with Crippen molar-refractivity contribution in [3.63, 3.8) is 0 Å². The van der Waals surface area contributed by atoms with Gasteiger partial charge in [0.15, 0.2) is 0 Å². The minimum atomic E-state index is 0.692. The molecule has 0 aliphatic rings. The van der Waals surface area contributed by atoms with E-state index in [0.717, 1.165) is 41.9 Å². The molecule has 0 aliphatic heterocycles. The van der Waals surface area contributed by atoms with Crippen LogP contribution in [0.25, 0.3) is 0 Å². The third kappa shape index (κ3) is 5.94. The van der Waals surface area contributed by atoms with Gasteiger partial charge in [-0.1, -0.05) is 0 Å². The maximum Gasteiger partial charge on any atom is 0.119 e. The van der Waals surface area contributed by atoms with E-state index in [-0.39, 0.29) is 0 Å². The molecule has 0 aliphatic carbocycles. The van der Waals surface area contributed by atoms with Gasteiger partial charge in [0.1, 0.15) is 11.5 Å². The monoisotopic (exact) mass is 310 g/mol. The van der Waals surface area contributed by atoms with Crippen LogP contribution < -0.4 is 9.47 Å². The van der Waals surface area contributed by atoms with Crippen LogP contribution in [-0.2, 0) is 0 Å². The van der Waals surface area contributed by atoms with Crippen LogP contribution in [0.4, 0.5) is 0 Å². The molecule has 0 amide bonds. The van der Waals surface area contributed by atoms with Crippen molar-refractivity contribution >= 4 is 12.4 Å². The van der Waals surface area contributed by atoms with Crippen molar-refractivity contribution in [2.24, 2.45) is 0 Å². The Labute approximate surface area is 137 Å². The molecule has 0 bridgehead atoms. The summed E-state index contributed by atoms with van der Waals surface area (Å²) in [5.41, 5.74) is 1.76. The average molecular weight is 310 g/mol. The molecule has 2 aromatic carbocycles. The molecule has 2 N–H and O–H groups in total. The fourth-order valence-electron chi connectivity index (χ4n) is 2.08. The Kier molecular flexibility index (Phi) is 6.85. The highest BCUT2D eigenvalue weighted by molar-refractivity contribution is 5.77. The Balaban J connectivity index is 1.54. The van der Waals surface area contributed by atoms with Gasteiger partial charge in [0.2, 0.25) is 0 Å². The van der Waals surface area contributed by atoms with Gasteiger partial charge >= 0.3 is 0 Å². The van der Waals surface area contributed by atoms with Crippen LogP contribution in [0.2, 0.25) is 0 Å². The summed E-state index contributed by atoms with van der Waals surface area (Å²) in [6, 6.07) is 15.1. The van der Waals surface area contributed by atoms with Gasteiger partial charge < -0.3 is 20.3 Å². The van der Waals surface area contributed by atoms with Crippen LogP contribution in [0.5, 0.6) is 11.5 Å². The van der Waals surface area contributed by atoms with E-state index in [1.807, 2.05) is 48.5 Å². The minimum absolute atomic E-state index is 0.692. The van der Waals surface area contributed by atoms with E-state index in [9.17, 15) is 0 Å². The molecule has 4 heteroatoms. The molecule has 2 aromatic rings. The Morgan fingerprint density at radius 2 is 1.00 bits per heavy atom. The standard InChI is InChI=1S/C19H22N2O2/c20-14-16-4-8-18(9-5-16)22-12-2-1-3-13-23-19-10-6-17(15-21)7-11-19/h4-11,14-15,20-21H,1-3,12-13H2. The fourth-order valence-corrected chi connectivity index (χ4v) is 2.08. The van der Waals surface area contributed by atoms with Crippen molar-refractivity contribution in [3.05, 3.63) is 59.7 Å². The highest BCUT2D eigenvalue weighted by Crippen LogP contribution is 2.13. The van der Waals surface area contributed by atoms with Crippen LogP contribution in [0.1, 0.15) is 30.4 Å². The van der Waals surface area contributed by atoms with Crippen molar-refractivity contribution in [1.29, 1.82) is 10.8 Å². The molecule has 0 radical (unpaired) electrons. The van der Waals surface area contributed by atoms with Crippen molar-refractivity contribution in [2.75, 3.05) is 13.2 Å². The largest absolute Gasteiger partial charge is 0.494 e. The summed E-state index contributed by atoms with van der Waals surface area (Å²) in [4.78, 5) is 0. The molecule has 4 nitrogen and oxygen atoms in total. The van der Waals surface area contributed by atoms with E-state index in [0.29, 0.717) is 13.2 Å². The summed E-state index contributed by atoms with van der Waals surface area (Å²) in [5, 5.41) is 14.3. The normalized spacial score (nSPS) is 10.1. The fraction of sp³-hybridized carbons (Fsp3) is 0.263. The van der Waals surface area contributed by atoms with Gasteiger partial charge in [-0.2, -0.15) is 0 Å². The predicted molar refractivity (Wildman–Crippen MR) is 93.5 cm³/mol.